The van der Waals surface area contributed by atoms with E-state index in [4.69, 9.17) is 15.2 Å². The summed E-state index contributed by atoms with van der Waals surface area (Å²) in [5, 5.41) is 0. The first-order valence-corrected chi connectivity index (χ1v) is 6.87. The molecular formula is C13H18BrNO2. The predicted octanol–water partition coefficient (Wildman–Crippen LogP) is 3.02. The highest BCUT2D eigenvalue weighted by Crippen LogP contribution is 2.43. The van der Waals surface area contributed by atoms with Crippen LogP contribution in [0.4, 0.5) is 0 Å². The molecule has 94 valence electrons. The molecule has 1 aromatic rings. The number of nitrogens with two attached hydrogens (primary N) is 1. The number of hydrogen-bond donors (Lipinski definition) is 1. The zero-order valence-corrected chi connectivity index (χ0v) is 11.7. The highest BCUT2D eigenvalue weighted by atomic mass is 79.9. The largest absolute Gasteiger partial charge is 0.454 e. The second-order valence-corrected chi connectivity index (χ2v) is 4.95. The van der Waals surface area contributed by atoms with Gasteiger partial charge in [0.1, 0.15) is 0 Å². The number of halogens is 1. The van der Waals surface area contributed by atoms with E-state index in [1.54, 1.807) is 0 Å². The Labute approximate surface area is 110 Å². The monoisotopic (exact) mass is 299 g/mol. The van der Waals surface area contributed by atoms with Gasteiger partial charge in [0.2, 0.25) is 6.79 Å². The standard InChI is InChI=1S/C13H18BrNO2/c1-2-10-9(5-3-4-6-15)7-11-13(12(10)14)17-8-16-11/h7H,2-6,8,15H2,1H3. The lowest BCUT2D eigenvalue weighted by atomic mass is 9.99. The number of rotatable bonds is 5. The van der Waals surface area contributed by atoms with Crippen LogP contribution in [0, 0.1) is 0 Å². The smallest absolute Gasteiger partial charge is 0.231 e. The van der Waals surface area contributed by atoms with Crippen molar-refractivity contribution in [3.8, 4) is 11.5 Å². The van der Waals surface area contributed by atoms with E-state index in [9.17, 15) is 0 Å². The first-order chi connectivity index (χ1) is 8.27. The maximum absolute atomic E-state index is 5.53. The zero-order chi connectivity index (χ0) is 12.3. The second kappa shape index (κ2) is 5.74. The molecule has 0 radical (unpaired) electrons. The molecule has 2 N–H and O–H groups in total. The summed E-state index contributed by atoms with van der Waals surface area (Å²) < 4.78 is 12.0. The molecule has 0 spiro atoms. The lowest BCUT2D eigenvalue weighted by Crippen LogP contribution is -2.01. The first kappa shape index (κ1) is 12.7. The molecule has 1 aromatic carbocycles. The van der Waals surface area contributed by atoms with Crippen LogP contribution in [0.15, 0.2) is 10.5 Å². The molecule has 1 aliphatic rings. The molecule has 0 atom stereocenters. The van der Waals surface area contributed by atoms with Gasteiger partial charge in [0, 0.05) is 0 Å². The Hall–Kier alpha value is -0.740. The number of benzene rings is 1. The number of ether oxygens (including phenoxy) is 2. The number of fused-ring (bicyclic) bond motifs is 1. The van der Waals surface area contributed by atoms with Crippen molar-refractivity contribution in [2.24, 2.45) is 5.73 Å². The van der Waals surface area contributed by atoms with E-state index in [1.807, 2.05) is 0 Å². The van der Waals surface area contributed by atoms with Crippen LogP contribution in [0.1, 0.15) is 30.9 Å². The Bertz CT molecular complexity index is 407. The third kappa shape index (κ3) is 2.58. The Kier molecular flexibility index (Phi) is 4.29. The molecule has 4 heteroatoms. The Balaban J connectivity index is 2.27. The van der Waals surface area contributed by atoms with Crippen molar-refractivity contribution < 1.29 is 9.47 Å². The minimum absolute atomic E-state index is 0.323. The fraction of sp³-hybridized carbons (Fsp3) is 0.538. The molecule has 0 saturated heterocycles. The summed E-state index contributed by atoms with van der Waals surface area (Å²) in [6.07, 6.45) is 4.23. The normalized spacial score (nSPS) is 13.1. The molecule has 0 saturated carbocycles. The van der Waals surface area contributed by atoms with Gasteiger partial charge in [-0.15, -0.1) is 0 Å². The second-order valence-electron chi connectivity index (χ2n) is 4.16. The molecule has 2 rings (SSSR count). The highest BCUT2D eigenvalue weighted by Gasteiger charge is 2.21. The van der Waals surface area contributed by atoms with Crippen molar-refractivity contribution in [3.63, 3.8) is 0 Å². The lowest BCUT2D eigenvalue weighted by molar-refractivity contribution is 0.173. The van der Waals surface area contributed by atoms with E-state index >= 15 is 0 Å². The van der Waals surface area contributed by atoms with Gasteiger partial charge in [-0.05, 0) is 65.4 Å². The van der Waals surface area contributed by atoms with Gasteiger partial charge in [0.25, 0.3) is 0 Å². The van der Waals surface area contributed by atoms with Crippen LogP contribution in [0.3, 0.4) is 0 Å². The summed E-state index contributed by atoms with van der Waals surface area (Å²) in [6.45, 7) is 3.24. The van der Waals surface area contributed by atoms with Crippen LogP contribution in [0.25, 0.3) is 0 Å². The summed E-state index contributed by atoms with van der Waals surface area (Å²) >= 11 is 3.62. The molecule has 0 fully saturated rings. The molecular weight excluding hydrogens is 282 g/mol. The summed E-state index contributed by atoms with van der Waals surface area (Å²) in [4.78, 5) is 0. The van der Waals surface area contributed by atoms with Gasteiger partial charge in [0.05, 0.1) is 4.47 Å². The van der Waals surface area contributed by atoms with Crippen LogP contribution in [0.2, 0.25) is 0 Å². The van der Waals surface area contributed by atoms with Gasteiger partial charge in [-0.2, -0.15) is 0 Å². The third-order valence-electron chi connectivity index (χ3n) is 3.05. The van der Waals surface area contributed by atoms with E-state index in [1.165, 1.54) is 11.1 Å². The molecule has 1 heterocycles. The SMILES string of the molecule is CCc1c(CCCCN)cc2c(c1Br)OCO2. The fourth-order valence-corrected chi connectivity index (χ4v) is 3.00. The van der Waals surface area contributed by atoms with Crippen molar-refractivity contribution in [2.75, 3.05) is 13.3 Å². The maximum atomic E-state index is 5.53. The molecule has 0 aromatic heterocycles. The number of unbranched alkanes of at least 4 members (excludes halogenated alkanes) is 1. The van der Waals surface area contributed by atoms with Crippen LogP contribution < -0.4 is 15.2 Å². The fourth-order valence-electron chi connectivity index (χ4n) is 2.16. The Morgan fingerprint density at radius 3 is 2.88 bits per heavy atom. The van der Waals surface area contributed by atoms with Crippen molar-refractivity contribution >= 4 is 15.9 Å². The first-order valence-electron chi connectivity index (χ1n) is 6.07. The molecule has 0 amide bonds. The molecule has 0 bridgehead atoms. The minimum atomic E-state index is 0.323. The van der Waals surface area contributed by atoms with Crippen molar-refractivity contribution in [3.05, 3.63) is 21.7 Å². The zero-order valence-electron chi connectivity index (χ0n) is 10.1. The molecule has 17 heavy (non-hydrogen) atoms. The minimum Gasteiger partial charge on any atom is -0.454 e. The highest BCUT2D eigenvalue weighted by molar-refractivity contribution is 9.10. The summed E-state index contributed by atoms with van der Waals surface area (Å²) in [6, 6.07) is 2.11. The van der Waals surface area contributed by atoms with Gasteiger partial charge in [0.15, 0.2) is 11.5 Å². The molecule has 0 aliphatic carbocycles. The van der Waals surface area contributed by atoms with Crippen molar-refractivity contribution in [1.29, 1.82) is 0 Å². The average Bonchev–Trinajstić information content (AvgIpc) is 2.78. The topological polar surface area (TPSA) is 44.5 Å². The molecule has 3 nitrogen and oxygen atoms in total. The van der Waals surface area contributed by atoms with Gasteiger partial charge in [-0.25, -0.2) is 0 Å². The van der Waals surface area contributed by atoms with E-state index < -0.39 is 0 Å². The average molecular weight is 300 g/mol. The molecule has 1 aliphatic heterocycles. The van der Waals surface area contributed by atoms with Crippen LogP contribution in [-0.4, -0.2) is 13.3 Å². The Morgan fingerprint density at radius 1 is 1.35 bits per heavy atom. The van der Waals surface area contributed by atoms with Gasteiger partial charge in [-0.1, -0.05) is 6.92 Å². The van der Waals surface area contributed by atoms with E-state index in [2.05, 4.69) is 28.9 Å². The van der Waals surface area contributed by atoms with E-state index in [0.717, 1.165) is 48.2 Å². The molecule has 0 unspecified atom stereocenters. The van der Waals surface area contributed by atoms with Crippen LogP contribution >= 0.6 is 15.9 Å². The van der Waals surface area contributed by atoms with E-state index in [-0.39, 0.29) is 0 Å². The maximum Gasteiger partial charge on any atom is 0.231 e. The number of hydrogen-bond acceptors (Lipinski definition) is 3. The summed E-state index contributed by atoms with van der Waals surface area (Å²) in [5.41, 5.74) is 8.20. The lowest BCUT2D eigenvalue weighted by Gasteiger charge is -2.12. The predicted molar refractivity (Wildman–Crippen MR) is 71.6 cm³/mol. The van der Waals surface area contributed by atoms with Gasteiger partial charge >= 0.3 is 0 Å². The van der Waals surface area contributed by atoms with Crippen molar-refractivity contribution in [1.82, 2.24) is 0 Å². The third-order valence-corrected chi connectivity index (χ3v) is 3.89. The van der Waals surface area contributed by atoms with Crippen LogP contribution in [0.5, 0.6) is 11.5 Å². The number of aryl methyl sites for hydroxylation is 1. The quantitative estimate of drug-likeness (QED) is 0.850. The van der Waals surface area contributed by atoms with Crippen molar-refractivity contribution in [2.45, 2.75) is 32.6 Å². The summed E-state index contributed by atoms with van der Waals surface area (Å²) in [5.74, 6) is 1.71. The Morgan fingerprint density at radius 2 is 2.18 bits per heavy atom. The summed E-state index contributed by atoms with van der Waals surface area (Å²) in [7, 11) is 0. The van der Waals surface area contributed by atoms with Gasteiger partial charge in [-0.3, -0.25) is 0 Å². The van der Waals surface area contributed by atoms with E-state index in [0.29, 0.717) is 6.79 Å². The van der Waals surface area contributed by atoms with Gasteiger partial charge < -0.3 is 15.2 Å². The van der Waals surface area contributed by atoms with Crippen LogP contribution in [-0.2, 0) is 12.8 Å².